The van der Waals surface area contributed by atoms with Crippen LogP contribution in [0.1, 0.15) is 20.7 Å². The van der Waals surface area contributed by atoms with Crippen molar-refractivity contribution in [2.24, 2.45) is 11.8 Å². The van der Waals surface area contributed by atoms with Crippen LogP contribution in [0, 0.1) is 11.8 Å². The standard InChI is InChI=1S/C22H14O8/c23-15(11-7-3-1-4-8-11)13-17(25)21(27)29-19(13)20-14(18(26)22(28)30-20)16(24)12-9-5-2-6-10-12/h1-10,13-14,19-20H/t13-,14-,19-,20+/m0/s1. The second-order valence-corrected chi connectivity index (χ2v) is 6.88. The van der Waals surface area contributed by atoms with Gasteiger partial charge in [-0.25, -0.2) is 9.59 Å². The van der Waals surface area contributed by atoms with Crippen molar-refractivity contribution in [3.05, 3.63) is 71.8 Å². The maximum Gasteiger partial charge on any atom is 0.376 e. The van der Waals surface area contributed by atoms with E-state index in [-0.39, 0.29) is 11.1 Å². The number of hydrogen-bond acceptors (Lipinski definition) is 8. The highest BCUT2D eigenvalue weighted by atomic mass is 16.6. The molecule has 0 amide bonds. The quantitative estimate of drug-likeness (QED) is 0.312. The molecule has 0 bridgehead atoms. The van der Waals surface area contributed by atoms with Crippen LogP contribution in [-0.4, -0.2) is 47.3 Å². The molecule has 2 aromatic carbocycles. The Morgan fingerprint density at radius 1 is 0.567 bits per heavy atom. The van der Waals surface area contributed by atoms with Crippen molar-refractivity contribution >= 4 is 35.1 Å². The first-order valence-corrected chi connectivity index (χ1v) is 9.08. The van der Waals surface area contributed by atoms with Gasteiger partial charge in [-0.15, -0.1) is 0 Å². The summed E-state index contributed by atoms with van der Waals surface area (Å²) in [5.41, 5.74) is 0.279. The fourth-order valence-electron chi connectivity index (χ4n) is 3.67. The predicted octanol–water partition coefficient (Wildman–Crippen LogP) is 0.974. The highest BCUT2D eigenvalue weighted by Crippen LogP contribution is 2.35. The zero-order valence-corrected chi connectivity index (χ0v) is 15.3. The van der Waals surface area contributed by atoms with Gasteiger partial charge in [0.25, 0.3) is 11.6 Å². The number of carbonyl (C=O) groups excluding carboxylic acids is 6. The number of cyclic esters (lactones) is 2. The second kappa shape index (κ2) is 7.47. The minimum absolute atomic E-state index is 0.140. The lowest BCUT2D eigenvalue weighted by molar-refractivity contribution is -0.157. The molecule has 0 radical (unpaired) electrons. The van der Waals surface area contributed by atoms with Crippen LogP contribution in [0.3, 0.4) is 0 Å². The molecular weight excluding hydrogens is 392 g/mol. The van der Waals surface area contributed by atoms with E-state index in [2.05, 4.69) is 0 Å². The number of esters is 2. The van der Waals surface area contributed by atoms with Crippen molar-refractivity contribution in [1.82, 2.24) is 0 Å². The predicted molar refractivity (Wildman–Crippen MR) is 98.3 cm³/mol. The lowest BCUT2D eigenvalue weighted by atomic mass is 9.81. The molecule has 2 aliphatic heterocycles. The molecule has 8 heteroatoms. The minimum atomic E-state index is -1.63. The molecule has 0 spiro atoms. The maximum absolute atomic E-state index is 12.9. The number of hydrogen-bond donors (Lipinski definition) is 0. The number of Topliss-reactive ketones (excluding diaryl/α,β-unsaturated/α-hetero) is 4. The number of benzene rings is 2. The number of ether oxygens (including phenoxy) is 2. The third-order valence-electron chi connectivity index (χ3n) is 5.12. The van der Waals surface area contributed by atoms with Crippen molar-refractivity contribution in [1.29, 1.82) is 0 Å². The van der Waals surface area contributed by atoms with E-state index >= 15 is 0 Å². The highest BCUT2D eigenvalue weighted by Gasteiger charge is 2.60. The van der Waals surface area contributed by atoms with Gasteiger partial charge < -0.3 is 9.47 Å². The van der Waals surface area contributed by atoms with Crippen LogP contribution in [0.15, 0.2) is 60.7 Å². The maximum atomic E-state index is 12.9. The fourth-order valence-corrected chi connectivity index (χ4v) is 3.67. The molecule has 0 saturated carbocycles. The van der Waals surface area contributed by atoms with Gasteiger partial charge in [-0.05, 0) is 0 Å². The van der Waals surface area contributed by atoms with E-state index in [1.165, 1.54) is 24.3 Å². The first kappa shape index (κ1) is 19.4. The average Bonchev–Trinajstić information content (AvgIpc) is 3.23. The summed E-state index contributed by atoms with van der Waals surface area (Å²) in [5.74, 6) is -9.50. The Hall–Kier alpha value is -3.94. The van der Waals surface area contributed by atoms with Gasteiger partial charge >= 0.3 is 11.9 Å². The number of rotatable bonds is 5. The normalized spacial score (nSPS) is 25.7. The van der Waals surface area contributed by atoms with Gasteiger partial charge in [-0.2, -0.15) is 0 Å². The first-order valence-electron chi connectivity index (χ1n) is 9.08. The lowest BCUT2D eigenvalue weighted by Crippen LogP contribution is -2.44. The van der Waals surface area contributed by atoms with Crippen molar-refractivity contribution in [2.75, 3.05) is 0 Å². The summed E-state index contributed by atoms with van der Waals surface area (Å²) in [4.78, 5) is 74.5. The molecule has 0 aromatic heterocycles. The molecule has 2 fully saturated rings. The van der Waals surface area contributed by atoms with Crippen LogP contribution in [0.4, 0.5) is 0 Å². The van der Waals surface area contributed by atoms with E-state index in [0.717, 1.165) is 0 Å². The Morgan fingerprint density at radius 2 is 0.900 bits per heavy atom. The molecule has 2 aromatic rings. The summed E-state index contributed by atoms with van der Waals surface area (Å²) >= 11 is 0. The molecule has 2 saturated heterocycles. The van der Waals surface area contributed by atoms with E-state index < -0.39 is 59.1 Å². The first-order chi connectivity index (χ1) is 14.4. The SMILES string of the molecule is O=C1O[C@@H]([C@H]2OC(=O)C(=O)[C@@H]2C(=O)c2ccccc2)[C@@H](C(=O)c2ccccc2)C1=O. The molecule has 8 nitrogen and oxygen atoms in total. The molecular formula is C22H14O8. The minimum Gasteiger partial charge on any atom is -0.451 e. The number of carbonyl (C=O) groups is 6. The molecule has 2 aliphatic rings. The van der Waals surface area contributed by atoms with E-state index in [9.17, 15) is 28.8 Å². The average molecular weight is 406 g/mol. The van der Waals surface area contributed by atoms with Crippen LogP contribution < -0.4 is 0 Å². The van der Waals surface area contributed by atoms with E-state index in [0.29, 0.717) is 0 Å². The van der Waals surface area contributed by atoms with Gasteiger partial charge in [0.15, 0.2) is 23.8 Å². The Kier molecular flexibility index (Phi) is 4.83. The molecule has 30 heavy (non-hydrogen) atoms. The van der Waals surface area contributed by atoms with Gasteiger partial charge in [-0.1, -0.05) is 60.7 Å². The van der Waals surface area contributed by atoms with Crippen molar-refractivity contribution < 1.29 is 38.2 Å². The van der Waals surface area contributed by atoms with Crippen LogP contribution >= 0.6 is 0 Å². The summed E-state index contributed by atoms with van der Waals surface area (Å²) in [6, 6.07) is 15.4. The topological polar surface area (TPSA) is 121 Å². The van der Waals surface area contributed by atoms with Gasteiger partial charge in [0, 0.05) is 11.1 Å². The smallest absolute Gasteiger partial charge is 0.376 e. The fraction of sp³-hybridized carbons (Fsp3) is 0.182. The molecule has 150 valence electrons. The van der Waals surface area contributed by atoms with E-state index in [4.69, 9.17) is 9.47 Å². The van der Waals surface area contributed by atoms with Crippen LogP contribution in [-0.2, 0) is 28.7 Å². The van der Waals surface area contributed by atoms with E-state index in [1.807, 2.05) is 0 Å². The summed E-state index contributed by atoms with van der Waals surface area (Å²) in [6.07, 6.45) is -3.16. The second-order valence-electron chi connectivity index (χ2n) is 6.88. The summed E-state index contributed by atoms with van der Waals surface area (Å²) < 4.78 is 10.1. The Bertz CT molecular complexity index is 985. The van der Waals surface area contributed by atoms with Crippen LogP contribution in [0.5, 0.6) is 0 Å². The Balaban J connectivity index is 1.72. The monoisotopic (exact) mass is 406 g/mol. The zero-order chi connectivity index (χ0) is 21.4. The van der Waals surface area contributed by atoms with Gasteiger partial charge in [0.05, 0.1) is 0 Å². The molecule has 0 aliphatic carbocycles. The third kappa shape index (κ3) is 3.12. The third-order valence-corrected chi connectivity index (χ3v) is 5.12. The van der Waals surface area contributed by atoms with E-state index in [1.54, 1.807) is 36.4 Å². The number of ketones is 4. The summed E-state index contributed by atoms with van der Waals surface area (Å²) in [6.45, 7) is 0. The van der Waals surface area contributed by atoms with Gasteiger partial charge in [0.1, 0.15) is 11.8 Å². The molecule has 0 N–H and O–H groups in total. The largest absolute Gasteiger partial charge is 0.451 e. The Morgan fingerprint density at radius 3 is 1.23 bits per heavy atom. The molecule has 2 heterocycles. The van der Waals surface area contributed by atoms with Crippen LogP contribution in [0.25, 0.3) is 0 Å². The molecule has 4 atom stereocenters. The summed E-state index contributed by atoms with van der Waals surface area (Å²) in [7, 11) is 0. The van der Waals surface area contributed by atoms with Crippen LogP contribution in [0.2, 0.25) is 0 Å². The zero-order valence-electron chi connectivity index (χ0n) is 15.3. The molecule has 0 unspecified atom stereocenters. The Labute approximate surface area is 169 Å². The van der Waals surface area contributed by atoms with Gasteiger partial charge in [0.2, 0.25) is 0 Å². The highest BCUT2D eigenvalue weighted by molar-refractivity contribution is 6.43. The van der Waals surface area contributed by atoms with Crippen molar-refractivity contribution in [3.63, 3.8) is 0 Å². The lowest BCUT2D eigenvalue weighted by Gasteiger charge is -2.24. The van der Waals surface area contributed by atoms with Gasteiger partial charge in [-0.3, -0.25) is 19.2 Å². The summed E-state index contributed by atoms with van der Waals surface area (Å²) in [5, 5.41) is 0. The molecule has 4 rings (SSSR count). The van der Waals surface area contributed by atoms with Crippen molar-refractivity contribution in [3.8, 4) is 0 Å². The van der Waals surface area contributed by atoms with Crippen molar-refractivity contribution in [2.45, 2.75) is 12.2 Å².